The second-order valence-electron chi connectivity index (χ2n) is 6.30. The average molecular weight is 406 g/mol. The fraction of sp³-hybridized carbons (Fsp3) is 0.250. The number of halogens is 3. The molecule has 29 heavy (non-hydrogen) atoms. The zero-order valence-corrected chi connectivity index (χ0v) is 15.4. The van der Waals surface area contributed by atoms with Crippen LogP contribution in [0.4, 0.5) is 13.2 Å². The maximum absolute atomic E-state index is 12.5. The summed E-state index contributed by atoms with van der Waals surface area (Å²) in [6.45, 7) is 0.264. The number of nitrogens with one attached hydrogen (secondary N) is 1. The van der Waals surface area contributed by atoms with E-state index in [1.165, 1.54) is 12.1 Å². The molecule has 152 valence electrons. The van der Waals surface area contributed by atoms with Crippen molar-refractivity contribution >= 4 is 17.7 Å². The van der Waals surface area contributed by atoms with E-state index in [4.69, 9.17) is 4.74 Å². The van der Waals surface area contributed by atoms with Crippen LogP contribution in [0.1, 0.15) is 43.6 Å². The van der Waals surface area contributed by atoms with Crippen LogP contribution in [0.3, 0.4) is 0 Å². The van der Waals surface area contributed by atoms with E-state index in [1.54, 1.807) is 42.6 Å². The van der Waals surface area contributed by atoms with Crippen molar-refractivity contribution in [2.45, 2.75) is 19.6 Å². The Bertz CT molecular complexity index is 937. The molecule has 0 unspecified atom stereocenters. The second kappa shape index (κ2) is 7.94. The molecule has 0 atom stereocenters. The maximum atomic E-state index is 12.5. The standard InChI is InChI=1S/C20H17F3N2O4/c1-2-29-16-8-7-12(9-15(16)17(26)24-11-20(21,22)23)10-25-18(27)13-5-3-4-6-14(13)19(25)28/h3-9H,2,10-11H2,1H3,(H,24,26). The minimum absolute atomic E-state index is 0.106. The summed E-state index contributed by atoms with van der Waals surface area (Å²) in [5.74, 6) is -1.79. The molecule has 0 saturated carbocycles. The van der Waals surface area contributed by atoms with Crippen LogP contribution in [0.15, 0.2) is 42.5 Å². The quantitative estimate of drug-likeness (QED) is 0.748. The second-order valence-corrected chi connectivity index (χ2v) is 6.30. The molecule has 1 heterocycles. The number of rotatable bonds is 6. The molecule has 0 aliphatic carbocycles. The SMILES string of the molecule is CCOc1ccc(CN2C(=O)c3ccccc3C2=O)cc1C(=O)NCC(F)(F)F. The van der Waals surface area contributed by atoms with Gasteiger partial charge in [0.25, 0.3) is 17.7 Å². The van der Waals surface area contributed by atoms with Crippen molar-refractivity contribution in [3.8, 4) is 5.75 Å². The van der Waals surface area contributed by atoms with Gasteiger partial charge in [-0.3, -0.25) is 19.3 Å². The molecular formula is C20H17F3N2O4. The van der Waals surface area contributed by atoms with E-state index in [0.29, 0.717) is 5.56 Å². The van der Waals surface area contributed by atoms with Gasteiger partial charge in [0.15, 0.2) is 0 Å². The summed E-state index contributed by atoms with van der Waals surface area (Å²) in [4.78, 5) is 38.2. The van der Waals surface area contributed by atoms with Crippen molar-refractivity contribution in [3.63, 3.8) is 0 Å². The van der Waals surface area contributed by atoms with Gasteiger partial charge in [0.05, 0.1) is 29.8 Å². The first-order valence-corrected chi connectivity index (χ1v) is 8.77. The number of fused-ring (bicyclic) bond motifs is 1. The molecule has 3 amide bonds. The van der Waals surface area contributed by atoms with Gasteiger partial charge in [-0.05, 0) is 36.8 Å². The minimum Gasteiger partial charge on any atom is -0.493 e. The lowest BCUT2D eigenvalue weighted by atomic mass is 10.1. The molecule has 0 fully saturated rings. The first-order valence-electron chi connectivity index (χ1n) is 8.77. The number of ether oxygens (including phenoxy) is 1. The Kier molecular flexibility index (Phi) is 5.58. The molecule has 2 aromatic rings. The van der Waals surface area contributed by atoms with E-state index in [0.717, 1.165) is 4.90 Å². The smallest absolute Gasteiger partial charge is 0.405 e. The Morgan fingerprint density at radius 2 is 1.69 bits per heavy atom. The molecule has 0 radical (unpaired) electrons. The van der Waals surface area contributed by atoms with E-state index in [2.05, 4.69) is 0 Å². The number of amides is 3. The van der Waals surface area contributed by atoms with Gasteiger partial charge in [-0.1, -0.05) is 18.2 Å². The monoisotopic (exact) mass is 406 g/mol. The molecule has 2 aromatic carbocycles. The van der Waals surface area contributed by atoms with E-state index < -0.39 is 30.4 Å². The van der Waals surface area contributed by atoms with Crippen LogP contribution in [0.5, 0.6) is 5.75 Å². The minimum atomic E-state index is -4.56. The van der Waals surface area contributed by atoms with Gasteiger partial charge in [0.2, 0.25) is 0 Å². The highest BCUT2D eigenvalue weighted by molar-refractivity contribution is 6.21. The molecule has 0 aromatic heterocycles. The number of alkyl halides is 3. The third kappa shape index (κ3) is 4.39. The van der Waals surface area contributed by atoms with Crippen LogP contribution in [0, 0.1) is 0 Å². The lowest BCUT2D eigenvalue weighted by Gasteiger charge is -2.17. The number of carbonyl (C=O) groups excluding carboxylic acids is 3. The number of carbonyl (C=O) groups is 3. The predicted octanol–water partition coefficient (Wildman–Crippen LogP) is 3.17. The van der Waals surface area contributed by atoms with Gasteiger partial charge >= 0.3 is 6.18 Å². The Hall–Kier alpha value is -3.36. The Morgan fingerprint density at radius 1 is 1.07 bits per heavy atom. The average Bonchev–Trinajstić information content (AvgIpc) is 2.92. The van der Waals surface area contributed by atoms with Crippen molar-refractivity contribution in [2.24, 2.45) is 0 Å². The molecular weight excluding hydrogens is 389 g/mol. The first kappa shape index (κ1) is 20.4. The van der Waals surface area contributed by atoms with Gasteiger partial charge in [0, 0.05) is 0 Å². The van der Waals surface area contributed by atoms with Crippen LogP contribution in [0.2, 0.25) is 0 Å². The van der Waals surface area contributed by atoms with Gasteiger partial charge in [0.1, 0.15) is 12.3 Å². The molecule has 3 rings (SSSR count). The summed E-state index contributed by atoms with van der Waals surface area (Å²) in [6, 6.07) is 10.7. The predicted molar refractivity (Wildman–Crippen MR) is 96.6 cm³/mol. The third-order valence-electron chi connectivity index (χ3n) is 4.26. The molecule has 1 aliphatic rings. The van der Waals surface area contributed by atoms with Crippen LogP contribution in [-0.2, 0) is 6.54 Å². The molecule has 6 nitrogen and oxygen atoms in total. The number of nitrogens with zero attached hydrogens (tertiary/aromatic N) is 1. The lowest BCUT2D eigenvalue weighted by Crippen LogP contribution is -2.34. The number of hydrogen-bond acceptors (Lipinski definition) is 4. The number of benzene rings is 2. The van der Waals surface area contributed by atoms with Crippen LogP contribution in [0.25, 0.3) is 0 Å². The van der Waals surface area contributed by atoms with E-state index >= 15 is 0 Å². The lowest BCUT2D eigenvalue weighted by molar-refractivity contribution is -0.123. The summed E-state index contributed by atoms with van der Waals surface area (Å²) in [7, 11) is 0. The number of imide groups is 1. The van der Waals surface area contributed by atoms with Crippen molar-refractivity contribution in [1.82, 2.24) is 10.2 Å². The van der Waals surface area contributed by atoms with Crippen LogP contribution < -0.4 is 10.1 Å². The molecule has 0 saturated heterocycles. The summed E-state index contributed by atoms with van der Waals surface area (Å²) in [5.41, 5.74) is 0.864. The van der Waals surface area contributed by atoms with Crippen molar-refractivity contribution < 1.29 is 32.3 Å². The highest BCUT2D eigenvalue weighted by atomic mass is 19.4. The highest BCUT2D eigenvalue weighted by Crippen LogP contribution is 2.26. The van der Waals surface area contributed by atoms with Crippen LogP contribution >= 0.6 is 0 Å². The topological polar surface area (TPSA) is 75.7 Å². The van der Waals surface area contributed by atoms with Gasteiger partial charge in [-0.15, -0.1) is 0 Å². The van der Waals surface area contributed by atoms with E-state index in [1.807, 2.05) is 0 Å². The van der Waals surface area contributed by atoms with Crippen molar-refractivity contribution in [2.75, 3.05) is 13.2 Å². The molecule has 0 bridgehead atoms. The summed E-state index contributed by atoms with van der Waals surface area (Å²) < 4.78 is 42.6. The number of hydrogen-bond donors (Lipinski definition) is 1. The Morgan fingerprint density at radius 3 is 2.24 bits per heavy atom. The largest absolute Gasteiger partial charge is 0.493 e. The first-order chi connectivity index (χ1) is 13.7. The van der Waals surface area contributed by atoms with E-state index in [-0.39, 0.29) is 35.6 Å². The fourth-order valence-corrected chi connectivity index (χ4v) is 2.98. The normalized spacial score (nSPS) is 13.4. The van der Waals surface area contributed by atoms with Crippen LogP contribution in [-0.4, -0.2) is 41.9 Å². The fourth-order valence-electron chi connectivity index (χ4n) is 2.98. The van der Waals surface area contributed by atoms with Gasteiger partial charge in [-0.2, -0.15) is 13.2 Å². The van der Waals surface area contributed by atoms with Gasteiger partial charge < -0.3 is 10.1 Å². The summed E-state index contributed by atoms with van der Waals surface area (Å²) in [6.07, 6.45) is -4.56. The summed E-state index contributed by atoms with van der Waals surface area (Å²) in [5, 5.41) is 1.80. The van der Waals surface area contributed by atoms with Crippen molar-refractivity contribution in [1.29, 1.82) is 0 Å². The maximum Gasteiger partial charge on any atom is 0.405 e. The Labute approximate surface area is 164 Å². The van der Waals surface area contributed by atoms with E-state index in [9.17, 15) is 27.6 Å². The Balaban J connectivity index is 1.85. The van der Waals surface area contributed by atoms with Gasteiger partial charge in [-0.25, -0.2) is 0 Å². The molecule has 9 heteroatoms. The molecule has 0 spiro atoms. The highest BCUT2D eigenvalue weighted by Gasteiger charge is 2.35. The molecule has 1 aliphatic heterocycles. The zero-order valence-electron chi connectivity index (χ0n) is 15.4. The molecule has 1 N–H and O–H groups in total. The van der Waals surface area contributed by atoms with Crippen molar-refractivity contribution in [3.05, 3.63) is 64.7 Å². The summed E-state index contributed by atoms with van der Waals surface area (Å²) >= 11 is 0. The third-order valence-corrected chi connectivity index (χ3v) is 4.26. The zero-order chi connectivity index (χ0) is 21.2.